The van der Waals surface area contributed by atoms with Gasteiger partial charge in [-0.05, 0) is 49.1 Å². The van der Waals surface area contributed by atoms with Gasteiger partial charge in [-0.2, -0.15) is 17.9 Å². The number of pyridine rings is 1. The number of hydrogen-bond donors (Lipinski definition) is 0. The normalized spacial score (nSPS) is 14.7. The molecule has 33 heavy (non-hydrogen) atoms. The number of benzene rings is 1. The van der Waals surface area contributed by atoms with E-state index in [4.69, 9.17) is 14.3 Å². The molecule has 1 amide bonds. The maximum atomic E-state index is 12.6. The molecule has 2 aromatic heterocycles. The van der Waals surface area contributed by atoms with Crippen LogP contribution in [0.25, 0.3) is 0 Å². The standard InChI is InChI=1S/C22H21F3N4O4/c23-22(24,25)17-1-6-20(27-13-17)32-18-2-4-19(5-3-18)33-21(30)28-10-7-16(8-11-28)14-31-29-12-9-26-15-29/h1-6,9,12-13,15-16H,7-8,10-11,14H2. The Hall–Kier alpha value is -3.76. The van der Waals surface area contributed by atoms with E-state index in [0.29, 0.717) is 43.3 Å². The first-order chi connectivity index (χ1) is 15.9. The predicted octanol–water partition coefficient (Wildman–Crippen LogP) is 4.43. The van der Waals surface area contributed by atoms with Gasteiger partial charge in [-0.3, -0.25) is 0 Å². The molecule has 1 aliphatic heterocycles. The van der Waals surface area contributed by atoms with E-state index in [-0.39, 0.29) is 5.88 Å². The van der Waals surface area contributed by atoms with E-state index < -0.39 is 17.8 Å². The van der Waals surface area contributed by atoms with Crippen LogP contribution in [0.15, 0.2) is 61.3 Å². The van der Waals surface area contributed by atoms with E-state index in [1.165, 1.54) is 0 Å². The molecule has 11 heteroatoms. The summed E-state index contributed by atoms with van der Waals surface area (Å²) < 4.78 is 50.2. The van der Waals surface area contributed by atoms with Crippen LogP contribution < -0.4 is 14.3 Å². The molecule has 8 nitrogen and oxygen atoms in total. The third-order valence-corrected chi connectivity index (χ3v) is 5.13. The van der Waals surface area contributed by atoms with Gasteiger partial charge < -0.3 is 19.2 Å². The van der Waals surface area contributed by atoms with Gasteiger partial charge in [-0.15, -0.1) is 0 Å². The second kappa shape index (κ2) is 9.80. The molecule has 4 rings (SSSR count). The Morgan fingerprint density at radius 1 is 1.06 bits per heavy atom. The van der Waals surface area contributed by atoms with Crippen molar-refractivity contribution in [2.24, 2.45) is 5.92 Å². The highest BCUT2D eigenvalue weighted by Crippen LogP contribution is 2.30. The highest BCUT2D eigenvalue weighted by Gasteiger charge is 2.30. The lowest BCUT2D eigenvalue weighted by Gasteiger charge is -2.30. The highest BCUT2D eigenvalue weighted by molar-refractivity contribution is 5.70. The van der Waals surface area contributed by atoms with Gasteiger partial charge in [-0.1, -0.05) is 0 Å². The molecule has 174 valence electrons. The van der Waals surface area contributed by atoms with Crippen LogP contribution in [0.4, 0.5) is 18.0 Å². The lowest BCUT2D eigenvalue weighted by Crippen LogP contribution is -2.41. The molecule has 1 aromatic carbocycles. The minimum absolute atomic E-state index is 0.0210. The summed E-state index contributed by atoms with van der Waals surface area (Å²) in [5.41, 5.74) is -0.855. The van der Waals surface area contributed by atoms with Gasteiger partial charge in [0.05, 0.1) is 11.8 Å². The molecule has 3 aromatic rings. The molecular formula is C22H21F3N4O4. The summed E-state index contributed by atoms with van der Waals surface area (Å²) in [6.07, 6.45) is 2.36. The molecule has 0 spiro atoms. The number of halogens is 3. The first-order valence-corrected chi connectivity index (χ1v) is 10.3. The average molecular weight is 462 g/mol. The summed E-state index contributed by atoms with van der Waals surface area (Å²) in [6, 6.07) is 8.21. The summed E-state index contributed by atoms with van der Waals surface area (Å²) in [5.74, 6) is 1.04. The number of carbonyl (C=O) groups is 1. The fraction of sp³-hybridized carbons (Fsp3) is 0.318. The number of aromatic nitrogens is 3. The molecule has 1 fully saturated rings. The van der Waals surface area contributed by atoms with Crippen LogP contribution in [-0.4, -0.2) is 45.4 Å². The van der Waals surface area contributed by atoms with Gasteiger partial charge in [0.1, 0.15) is 24.4 Å². The quantitative estimate of drug-likeness (QED) is 0.539. The molecule has 0 N–H and O–H groups in total. The van der Waals surface area contributed by atoms with Crippen LogP contribution in [0.1, 0.15) is 18.4 Å². The number of carbonyl (C=O) groups excluding carboxylic acids is 1. The third-order valence-electron chi connectivity index (χ3n) is 5.13. The number of ether oxygens (including phenoxy) is 2. The van der Waals surface area contributed by atoms with E-state index in [1.54, 1.807) is 52.6 Å². The topological polar surface area (TPSA) is 78.7 Å². The van der Waals surface area contributed by atoms with E-state index in [9.17, 15) is 18.0 Å². The largest absolute Gasteiger partial charge is 0.439 e. The Bertz CT molecular complexity index is 1030. The van der Waals surface area contributed by atoms with Crippen molar-refractivity contribution in [3.05, 3.63) is 66.9 Å². The minimum atomic E-state index is -4.46. The minimum Gasteiger partial charge on any atom is -0.439 e. The lowest BCUT2D eigenvalue weighted by molar-refractivity contribution is -0.137. The van der Waals surface area contributed by atoms with Gasteiger partial charge in [0.15, 0.2) is 0 Å². The third kappa shape index (κ3) is 6.15. The zero-order valence-electron chi connectivity index (χ0n) is 17.4. The Labute approximate surface area is 187 Å². The second-order valence-corrected chi connectivity index (χ2v) is 7.47. The fourth-order valence-electron chi connectivity index (χ4n) is 3.27. The first-order valence-electron chi connectivity index (χ1n) is 10.3. The molecule has 1 saturated heterocycles. The summed E-state index contributed by atoms with van der Waals surface area (Å²) in [6.45, 7) is 1.68. The van der Waals surface area contributed by atoms with Crippen LogP contribution in [0.3, 0.4) is 0 Å². The molecule has 1 aliphatic rings. The smallest absolute Gasteiger partial charge is 0.417 e. The molecule has 0 radical (unpaired) electrons. The maximum absolute atomic E-state index is 12.6. The summed E-state index contributed by atoms with van der Waals surface area (Å²) in [5, 5.41) is 0. The van der Waals surface area contributed by atoms with Crippen molar-refractivity contribution in [2.75, 3.05) is 19.7 Å². The van der Waals surface area contributed by atoms with Gasteiger partial charge in [0.25, 0.3) is 0 Å². The lowest BCUT2D eigenvalue weighted by atomic mass is 9.98. The Morgan fingerprint density at radius 2 is 1.79 bits per heavy atom. The Morgan fingerprint density at radius 3 is 2.39 bits per heavy atom. The van der Waals surface area contributed by atoms with E-state index in [2.05, 4.69) is 9.97 Å². The van der Waals surface area contributed by atoms with Gasteiger partial charge in [0, 0.05) is 31.5 Å². The maximum Gasteiger partial charge on any atom is 0.417 e. The number of nitrogens with zero attached hydrogens (tertiary/aromatic N) is 4. The molecular weight excluding hydrogens is 441 g/mol. The van der Waals surface area contributed by atoms with Gasteiger partial charge in [-0.25, -0.2) is 14.8 Å². The van der Waals surface area contributed by atoms with Crippen molar-refractivity contribution in [3.8, 4) is 17.4 Å². The van der Waals surface area contributed by atoms with E-state index in [0.717, 1.165) is 25.0 Å². The highest BCUT2D eigenvalue weighted by atomic mass is 19.4. The summed E-state index contributed by atoms with van der Waals surface area (Å²) in [7, 11) is 0. The van der Waals surface area contributed by atoms with Crippen molar-refractivity contribution < 1.29 is 32.3 Å². The van der Waals surface area contributed by atoms with E-state index in [1.807, 2.05) is 0 Å². The number of piperidine rings is 1. The second-order valence-electron chi connectivity index (χ2n) is 7.47. The molecule has 3 heterocycles. The van der Waals surface area contributed by atoms with Crippen molar-refractivity contribution in [1.82, 2.24) is 19.6 Å². The summed E-state index contributed by atoms with van der Waals surface area (Å²) in [4.78, 5) is 27.3. The number of amides is 1. The van der Waals surface area contributed by atoms with Crippen molar-refractivity contribution in [1.29, 1.82) is 0 Å². The van der Waals surface area contributed by atoms with E-state index >= 15 is 0 Å². The SMILES string of the molecule is O=C(Oc1ccc(Oc2ccc(C(F)(F)F)cn2)cc1)N1CCC(COn2ccnc2)CC1. The molecule has 0 aliphatic carbocycles. The number of likely N-dealkylation sites (tertiary alicyclic amines) is 1. The number of imidazole rings is 1. The summed E-state index contributed by atoms with van der Waals surface area (Å²) >= 11 is 0. The van der Waals surface area contributed by atoms with Crippen LogP contribution in [-0.2, 0) is 6.18 Å². The first kappa shape index (κ1) is 22.4. The van der Waals surface area contributed by atoms with Gasteiger partial charge >= 0.3 is 12.3 Å². The van der Waals surface area contributed by atoms with Crippen LogP contribution in [0, 0.1) is 5.92 Å². The monoisotopic (exact) mass is 462 g/mol. The van der Waals surface area contributed by atoms with Crippen molar-refractivity contribution >= 4 is 6.09 Å². The molecule has 0 saturated carbocycles. The molecule has 0 unspecified atom stereocenters. The van der Waals surface area contributed by atoms with Crippen molar-refractivity contribution in [3.63, 3.8) is 0 Å². The predicted molar refractivity (Wildman–Crippen MR) is 110 cm³/mol. The zero-order valence-corrected chi connectivity index (χ0v) is 17.4. The fourth-order valence-corrected chi connectivity index (χ4v) is 3.27. The van der Waals surface area contributed by atoms with Gasteiger partial charge in [0.2, 0.25) is 5.88 Å². The van der Waals surface area contributed by atoms with Crippen LogP contribution >= 0.6 is 0 Å². The number of rotatable bonds is 6. The average Bonchev–Trinajstić information content (AvgIpc) is 3.33. The molecule has 0 atom stereocenters. The number of alkyl halides is 3. The molecule has 0 bridgehead atoms. The Balaban J connectivity index is 1.23. The zero-order chi connectivity index (χ0) is 23.3. The van der Waals surface area contributed by atoms with Crippen LogP contribution in [0.5, 0.6) is 17.4 Å². The van der Waals surface area contributed by atoms with Crippen LogP contribution in [0.2, 0.25) is 0 Å². The van der Waals surface area contributed by atoms with Crippen molar-refractivity contribution in [2.45, 2.75) is 19.0 Å². The Kier molecular flexibility index (Phi) is 6.66. The number of hydrogen-bond acceptors (Lipinski definition) is 6.